The quantitative estimate of drug-likeness (QED) is 0.0209. The Labute approximate surface area is 348 Å². The summed E-state index contributed by atoms with van der Waals surface area (Å²) >= 11 is 4.02. The molecule has 2 aromatic rings. The van der Waals surface area contributed by atoms with E-state index in [4.69, 9.17) is 28.4 Å². The number of ether oxygens (including phenoxy) is 6. The Morgan fingerprint density at radius 3 is 2.05 bits per heavy atom. The van der Waals surface area contributed by atoms with Gasteiger partial charge in [0, 0.05) is 83.5 Å². The average Bonchev–Trinajstić information content (AvgIpc) is 3.22. The molecule has 2 rings (SSSR count). The highest BCUT2D eigenvalue weighted by Gasteiger charge is 2.15. The third-order valence-electron chi connectivity index (χ3n) is 8.50. The molecule has 0 aliphatic carbocycles. The van der Waals surface area contributed by atoms with Crippen LogP contribution < -0.4 is 14.8 Å². The number of likely N-dealkylation sites (N-methyl/N-ethyl adjacent to an activating group) is 2. The molecule has 1 N–H and O–H groups in total. The van der Waals surface area contributed by atoms with Gasteiger partial charge in [0.25, 0.3) is 5.69 Å². The van der Waals surface area contributed by atoms with E-state index in [1.165, 1.54) is 38.3 Å². The van der Waals surface area contributed by atoms with E-state index in [-0.39, 0.29) is 36.4 Å². The molecule has 0 radical (unpaired) electrons. The van der Waals surface area contributed by atoms with Crippen molar-refractivity contribution in [1.29, 1.82) is 0 Å². The van der Waals surface area contributed by atoms with Crippen LogP contribution in [0.25, 0.3) is 0 Å². The molecule has 0 bridgehead atoms. The molecule has 0 aromatic heterocycles. The summed E-state index contributed by atoms with van der Waals surface area (Å²) in [4.78, 5) is 62.2. The molecule has 0 heterocycles. The van der Waals surface area contributed by atoms with E-state index in [2.05, 4.69) is 36.7 Å². The standard InChI is InChI=1S/C31H43N3O11S.C9H20N2O/c1-24(35)33(13-4-15-42-17-19-43-18-16-41-14-3-12-32-30(36)11-20-46)22-26-21-25(5-10-29(26)40-2)23-44-31(37)45-28-8-6-27(7-9-28)34(38)39;1-4-10(5-2)7-8-11(6-3)9-12/h5-10,21,46H,3-4,11-20,22-23H2,1-2H3,(H,32,36);9H,4-8H2,1-3H3. The molecule has 0 fully saturated rings. The van der Waals surface area contributed by atoms with E-state index in [9.17, 15) is 29.3 Å². The molecular formula is C40H63N5O12S. The van der Waals surface area contributed by atoms with E-state index in [0.29, 0.717) is 82.6 Å². The third-order valence-corrected chi connectivity index (χ3v) is 8.72. The number of benzene rings is 2. The van der Waals surface area contributed by atoms with E-state index in [1.807, 2.05) is 6.92 Å². The minimum atomic E-state index is -0.964. The fourth-order valence-corrected chi connectivity index (χ4v) is 5.29. The predicted molar refractivity (Wildman–Crippen MR) is 222 cm³/mol. The number of non-ortho nitro benzene ring substituents is 1. The maximum atomic E-state index is 12.4. The Hall–Kier alpha value is -4.49. The number of hydrogen-bond acceptors (Lipinski definition) is 14. The van der Waals surface area contributed by atoms with E-state index in [0.717, 1.165) is 51.1 Å². The Balaban J connectivity index is 0.00000121. The maximum absolute atomic E-state index is 12.4. The summed E-state index contributed by atoms with van der Waals surface area (Å²) in [6, 6.07) is 10.3. The smallest absolute Gasteiger partial charge is 0.496 e. The minimum absolute atomic E-state index is 0.00717. The molecule has 326 valence electrons. The predicted octanol–water partition coefficient (Wildman–Crippen LogP) is 4.74. The molecule has 0 aliphatic rings. The number of rotatable bonds is 30. The van der Waals surface area contributed by atoms with Crippen LogP contribution in [0.15, 0.2) is 42.5 Å². The van der Waals surface area contributed by atoms with E-state index in [1.54, 1.807) is 28.0 Å². The van der Waals surface area contributed by atoms with Gasteiger partial charge in [-0.3, -0.25) is 24.5 Å². The zero-order valence-electron chi connectivity index (χ0n) is 34.7. The van der Waals surface area contributed by atoms with Crippen LogP contribution in [0.2, 0.25) is 0 Å². The van der Waals surface area contributed by atoms with Crippen LogP contribution in [-0.4, -0.2) is 142 Å². The van der Waals surface area contributed by atoms with Gasteiger partial charge < -0.3 is 48.4 Å². The number of methoxy groups -OCH3 is 1. The second-order valence-electron chi connectivity index (χ2n) is 12.6. The Bertz CT molecular complexity index is 1470. The lowest BCUT2D eigenvalue weighted by molar-refractivity contribution is -0.384. The summed E-state index contributed by atoms with van der Waals surface area (Å²) in [6.45, 7) is 16.5. The highest BCUT2D eigenvalue weighted by Crippen LogP contribution is 2.23. The first-order valence-corrected chi connectivity index (χ1v) is 20.2. The number of nitrogens with zero attached hydrogens (tertiary/aromatic N) is 4. The number of nitro groups is 1. The van der Waals surface area contributed by atoms with Crippen molar-refractivity contribution in [3.63, 3.8) is 0 Å². The van der Waals surface area contributed by atoms with Gasteiger partial charge in [0.1, 0.15) is 18.1 Å². The van der Waals surface area contributed by atoms with E-state index < -0.39 is 11.1 Å². The second kappa shape index (κ2) is 32.5. The van der Waals surface area contributed by atoms with Gasteiger partial charge in [-0.1, -0.05) is 19.9 Å². The summed E-state index contributed by atoms with van der Waals surface area (Å²) in [5.41, 5.74) is 1.26. The Morgan fingerprint density at radius 2 is 1.50 bits per heavy atom. The lowest BCUT2D eigenvalue weighted by Gasteiger charge is -2.23. The Kier molecular flexibility index (Phi) is 28.8. The molecule has 18 heteroatoms. The first-order chi connectivity index (χ1) is 28.0. The fraction of sp³-hybridized carbons (Fsp3) is 0.600. The molecular weight excluding hydrogens is 775 g/mol. The fourth-order valence-electron chi connectivity index (χ4n) is 5.09. The molecule has 0 saturated carbocycles. The van der Waals surface area contributed by atoms with Crippen LogP contribution in [0.3, 0.4) is 0 Å². The summed E-state index contributed by atoms with van der Waals surface area (Å²) in [6.07, 6.45) is 1.72. The summed E-state index contributed by atoms with van der Waals surface area (Å²) < 4.78 is 32.3. The number of nitrogens with one attached hydrogen (secondary N) is 1. The molecule has 0 aliphatic heterocycles. The summed E-state index contributed by atoms with van der Waals surface area (Å²) in [5.74, 6) is 1.10. The van der Waals surface area contributed by atoms with Crippen LogP contribution in [0.4, 0.5) is 10.5 Å². The number of hydrogen-bond donors (Lipinski definition) is 2. The summed E-state index contributed by atoms with van der Waals surface area (Å²) in [5, 5.41) is 13.6. The lowest BCUT2D eigenvalue weighted by atomic mass is 10.1. The van der Waals surface area contributed by atoms with Gasteiger partial charge in [0.2, 0.25) is 18.2 Å². The molecule has 0 atom stereocenters. The lowest BCUT2D eigenvalue weighted by Crippen LogP contribution is -2.34. The highest BCUT2D eigenvalue weighted by atomic mass is 32.1. The van der Waals surface area contributed by atoms with Gasteiger partial charge in [-0.05, 0) is 68.4 Å². The zero-order chi connectivity index (χ0) is 43.0. The molecule has 0 unspecified atom stereocenters. The highest BCUT2D eigenvalue weighted by molar-refractivity contribution is 7.80. The molecule has 17 nitrogen and oxygen atoms in total. The van der Waals surface area contributed by atoms with Crippen LogP contribution in [0.5, 0.6) is 11.5 Å². The number of nitro benzene ring substituents is 1. The van der Waals surface area contributed by atoms with Gasteiger partial charge in [-0.25, -0.2) is 4.79 Å². The van der Waals surface area contributed by atoms with Crippen LogP contribution in [-0.2, 0) is 46.5 Å². The van der Waals surface area contributed by atoms with Crippen molar-refractivity contribution in [3.8, 4) is 11.5 Å². The average molecular weight is 838 g/mol. The topological polar surface area (TPSA) is 189 Å². The Morgan fingerprint density at radius 1 is 0.862 bits per heavy atom. The van der Waals surface area contributed by atoms with Gasteiger partial charge >= 0.3 is 6.16 Å². The van der Waals surface area contributed by atoms with E-state index >= 15 is 0 Å². The van der Waals surface area contributed by atoms with Crippen molar-refractivity contribution in [3.05, 3.63) is 63.7 Å². The normalized spacial score (nSPS) is 10.6. The first-order valence-electron chi connectivity index (χ1n) is 19.5. The number of carbonyl (C=O) groups is 4. The van der Waals surface area contributed by atoms with Crippen molar-refractivity contribution >= 4 is 42.7 Å². The van der Waals surface area contributed by atoms with Crippen molar-refractivity contribution < 1.29 is 52.5 Å². The molecule has 2 aromatic carbocycles. The minimum Gasteiger partial charge on any atom is -0.496 e. The third kappa shape index (κ3) is 23.7. The van der Waals surface area contributed by atoms with Crippen molar-refractivity contribution in [2.45, 2.75) is 60.1 Å². The van der Waals surface area contributed by atoms with Gasteiger partial charge in [-0.15, -0.1) is 0 Å². The monoisotopic (exact) mass is 837 g/mol. The van der Waals surface area contributed by atoms with Gasteiger partial charge in [0.15, 0.2) is 0 Å². The van der Waals surface area contributed by atoms with Crippen LogP contribution in [0, 0.1) is 10.1 Å². The van der Waals surface area contributed by atoms with Crippen molar-refractivity contribution in [2.24, 2.45) is 0 Å². The number of thiol groups is 1. The SMILES string of the molecule is CCN(C=O)CCN(CC)CC.COc1ccc(COC(=O)Oc2ccc([N+](=O)[O-])cc2)cc1CN(CCCOCCOCCOCCCNC(=O)CCS)C(C)=O. The zero-order valence-corrected chi connectivity index (χ0v) is 35.6. The maximum Gasteiger partial charge on any atom is 0.514 e. The first kappa shape index (κ1) is 51.5. The van der Waals surface area contributed by atoms with Crippen molar-refractivity contribution in [1.82, 2.24) is 20.0 Å². The van der Waals surface area contributed by atoms with Gasteiger partial charge in [-0.2, -0.15) is 12.6 Å². The molecule has 0 saturated heterocycles. The number of carbonyl (C=O) groups excluding carboxylic acids is 4. The van der Waals surface area contributed by atoms with Crippen molar-refractivity contribution in [2.75, 3.05) is 98.3 Å². The molecule has 3 amide bonds. The molecule has 58 heavy (non-hydrogen) atoms. The largest absolute Gasteiger partial charge is 0.514 e. The van der Waals surface area contributed by atoms with Gasteiger partial charge in [0.05, 0.1) is 38.5 Å². The number of amides is 3. The molecule has 0 spiro atoms. The van der Waals surface area contributed by atoms with Crippen LogP contribution in [0.1, 0.15) is 58.1 Å². The second-order valence-corrected chi connectivity index (χ2v) is 13.1. The van der Waals surface area contributed by atoms with Crippen LogP contribution >= 0.6 is 12.6 Å². The summed E-state index contributed by atoms with van der Waals surface area (Å²) in [7, 11) is 1.53.